The van der Waals surface area contributed by atoms with Crippen LogP contribution in [0.3, 0.4) is 0 Å². The third-order valence-corrected chi connectivity index (χ3v) is 7.10. The predicted molar refractivity (Wildman–Crippen MR) is 95.8 cm³/mol. The Hall–Kier alpha value is -2.35. The molecule has 0 spiro atoms. The Morgan fingerprint density at radius 1 is 1.15 bits per heavy atom. The van der Waals surface area contributed by atoms with Crippen molar-refractivity contribution >= 4 is 15.7 Å². The van der Waals surface area contributed by atoms with Gasteiger partial charge in [-0.3, -0.25) is 4.79 Å². The Kier molecular flexibility index (Phi) is 4.44. The van der Waals surface area contributed by atoms with Crippen LogP contribution in [0.1, 0.15) is 34.0 Å². The lowest BCUT2D eigenvalue weighted by Gasteiger charge is -2.21. The van der Waals surface area contributed by atoms with Gasteiger partial charge in [-0.05, 0) is 12.0 Å². The molecule has 0 saturated carbocycles. The largest absolute Gasteiger partial charge is 0.477 e. The summed E-state index contributed by atoms with van der Waals surface area (Å²) in [6.45, 7) is 1.88. The van der Waals surface area contributed by atoms with Gasteiger partial charge < -0.3 is 9.64 Å². The van der Waals surface area contributed by atoms with E-state index in [9.17, 15) is 13.2 Å². The molecule has 2 aliphatic rings. The van der Waals surface area contributed by atoms with Gasteiger partial charge in [0, 0.05) is 26.1 Å². The third kappa shape index (κ3) is 3.09. The summed E-state index contributed by atoms with van der Waals surface area (Å²) >= 11 is 0. The first kappa shape index (κ1) is 17.1. The maximum Gasteiger partial charge on any atom is 0.261 e. The van der Waals surface area contributed by atoms with Crippen molar-refractivity contribution in [2.45, 2.75) is 24.6 Å². The zero-order valence-corrected chi connectivity index (χ0v) is 15.2. The van der Waals surface area contributed by atoms with E-state index in [1.54, 1.807) is 9.58 Å². The number of aryl methyl sites for hydroxylation is 1. The summed E-state index contributed by atoms with van der Waals surface area (Å²) in [7, 11) is -3.31. The van der Waals surface area contributed by atoms with Crippen LogP contribution in [-0.4, -0.2) is 54.5 Å². The standard InChI is InChI=1S/C18H21N3O4S/c22-17(15-13-19-21-8-4-11-25-18(15)21)20-9-7-16(26(23,24)12-10-20)14-5-2-1-3-6-14/h1-3,5-6,13,16H,4,7-12H2. The summed E-state index contributed by atoms with van der Waals surface area (Å²) in [5, 5.41) is 3.64. The van der Waals surface area contributed by atoms with E-state index in [1.807, 2.05) is 30.3 Å². The quantitative estimate of drug-likeness (QED) is 0.797. The van der Waals surface area contributed by atoms with Crippen LogP contribution < -0.4 is 4.74 Å². The molecule has 1 saturated heterocycles. The number of hydrogen-bond acceptors (Lipinski definition) is 5. The lowest BCUT2D eigenvalue weighted by molar-refractivity contribution is 0.0759. The average molecular weight is 375 g/mol. The molecule has 138 valence electrons. The fourth-order valence-corrected chi connectivity index (χ4v) is 5.37. The molecular formula is C18H21N3O4S. The van der Waals surface area contributed by atoms with Crippen molar-refractivity contribution in [2.24, 2.45) is 0 Å². The third-order valence-electron chi connectivity index (χ3n) is 4.97. The van der Waals surface area contributed by atoms with E-state index in [-0.39, 0.29) is 18.2 Å². The monoisotopic (exact) mass is 375 g/mol. The number of carbonyl (C=O) groups excluding carboxylic acids is 1. The van der Waals surface area contributed by atoms with Crippen LogP contribution in [0.25, 0.3) is 0 Å². The minimum Gasteiger partial charge on any atom is -0.477 e. The highest BCUT2D eigenvalue weighted by atomic mass is 32.2. The van der Waals surface area contributed by atoms with Gasteiger partial charge in [0.05, 0.1) is 23.8 Å². The van der Waals surface area contributed by atoms with E-state index in [0.29, 0.717) is 31.0 Å². The highest BCUT2D eigenvalue weighted by Gasteiger charge is 2.34. The summed E-state index contributed by atoms with van der Waals surface area (Å²) in [6.07, 6.45) is 2.78. The van der Waals surface area contributed by atoms with Crippen LogP contribution in [0.2, 0.25) is 0 Å². The Balaban J connectivity index is 1.56. The van der Waals surface area contributed by atoms with Crippen molar-refractivity contribution in [2.75, 3.05) is 25.4 Å². The number of nitrogens with zero attached hydrogens (tertiary/aromatic N) is 3. The van der Waals surface area contributed by atoms with Gasteiger partial charge in [-0.2, -0.15) is 5.10 Å². The molecule has 1 atom stereocenters. The zero-order valence-electron chi connectivity index (χ0n) is 14.4. The number of aromatic nitrogens is 2. The van der Waals surface area contributed by atoms with E-state index >= 15 is 0 Å². The molecule has 1 aromatic heterocycles. The van der Waals surface area contributed by atoms with E-state index in [2.05, 4.69) is 5.10 Å². The topological polar surface area (TPSA) is 81.5 Å². The van der Waals surface area contributed by atoms with Crippen LogP contribution >= 0.6 is 0 Å². The van der Waals surface area contributed by atoms with E-state index in [1.165, 1.54) is 6.20 Å². The zero-order chi connectivity index (χ0) is 18.1. The second-order valence-corrected chi connectivity index (χ2v) is 8.94. The minimum atomic E-state index is -3.31. The molecule has 2 aliphatic heterocycles. The summed E-state index contributed by atoms with van der Waals surface area (Å²) in [5.41, 5.74) is 1.20. The van der Waals surface area contributed by atoms with Crippen molar-refractivity contribution in [3.63, 3.8) is 0 Å². The van der Waals surface area contributed by atoms with Crippen LogP contribution in [0, 0.1) is 0 Å². The summed E-state index contributed by atoms with van der Waals surface area (Å²) in [4.78, 5) is 14.5. The Bertz CT molecular complexity index is 908. The number of hydrogen-bond donors (Lipinski definition) is 0. The first-order chi connectivity index (χ1) is 12.6. The molecule has 7 nitrogen and oxygen atoms in total. The maximum absolute atomic E-state index is 12.9. The smallest absolute Gasteiger partial charge is 0.261 e. The number of carbonyl (C=O) groups is 1. The fourth-order valence-electron chi connectivity index (χ4n) is 3.57. The maximum atomic E-state index is 12.9. The van der Waals surface area contributed by atoms with Gasteiger partial charge in [0.15, 0.2) is 9.84 Å². The normalized spacial score (nSPS) is 22.2. The van der Waals surface area contributed by atoms with Gasteiger partial charge >= 0.3 is 0 Å². The lowest BCUT2D eigenvalue weighted by Crippen LogP contribution is -2.34. The molecule has 1 amide bonds. The van der Waals surface area contributed by atoms with Gasteiger partial charge in [-0.1, -0.05) is 30.3 Å². The molecular weight excluding hydrogens is 354 g/mol. The van der Waals surface area contributed by atoms with Crippen molar-refractivity contribution in [3.8, 4) is 5.88 Å². The molecule has 2 aromatic rings. The first-order valence-electron chi connectivity index (χ1n) is 8.81. The molecule has 4 rings (SSSR count). The Morgan fingerprint density at radius 2 is 1.96 bits per heavy atom. The van der Waals surface area contributed by atoms with Gasteiger partial charge in [-0.25, -0.2) is 13.1 Å². The highest BCUT2D eigenvalue weighted by Crippen LogP contribution is 2.31. The molecule has 0 aliphatic carbocycles. The van der Waals surface area contributed by atoms with Gasteiger partial charge in [0.2, 0.25) is 5.88 Å². The van der Waals surface area contributed by atoms with E-state index in [4.69, 9.17) is 4.74 Å². The van der Waals surface area contributed by atoms with Crippen LogP contribution in [0.4, 0.5) is 0 Å². The predicted octanol–water partition coefficient (Wildman–Crippen LogP) is 1.67. The minimum absolute atomic E-state index is 0.0391. The Morgan fingerprint density at radius 3 is 2.77 bits per heavy atom. The molecule has 0 bridgehead atoms. The van der Waals surface area contributed by atoms with Gasteiger partial charge in [0.1, 0.15) is 5.56 Å². The molecule has 8 heteroatoms. The van der Waals surface area contributed by atoms with Crippen molar-refractivity contribution in [1.29, 1.82) is 0 Å². The molecule has 0 radical (unpaired) electrons. The molecule has 1 unspecified atom stereocenters. The second kappa shape index (κ2) is 6.75. The van der Waals surface area contributed by atoms with E-state index < -0.39 is 15.1 Å². The second-order valence-electron chi connectivity index (χ2n) is 6.64. The Labute approximate surface area is 152 Å². The molecule has 1 aromatic carbocycles. The number of fused-ring (bicyclic) bond motifs is 1. The van der Waals surface area contributed by atoms with Crippen LogP contribution in [-0.2, 0) is 16.4 Å². The van der Waals surface area contributed by atoms with Crippen molar-refractivity contribution in [3.05, 3.63) is 47.7 Å². The first-order valence-corrected chi connectivity index (χ1v) is 10.5. The summed E-state index contributed by atoms with van der Waals surface area (Å²) in [6, 6.07) is 9.22. The number of benzene rings is 1. The highest BCUT2D eigenvalue weighted by molar-refractivity contribution is 7.91. The van der Waals surface area contributed by atoms with Gasteiger partial charge in [-0.15, -0.1) is 0 Å². The summed E-state index contributed by atoms with van der Waals surface area (Å²) < 4.78 is 32.7. The number of amides is 1. The SMILES string of the molecule is O=C(c1cnn2c1OCCC2)N1CCC(c2ccccc2)S(=O)(=O)CC1. The lowest BCUT2D eigenvalue weighted by atomic mass is 10.1. The number of sulfone groups is 1. The van der Waals surface area contributed by atoms with Crippen LogP contribution in [0.5, 0.6) is 5.88 Å². The average Bonchev–Trinajstić information content (AvgIpc) is 3.01. The van der Waals surface area contributed by atoms with Crippen LogP contribution in [0.15, 0.2) is 36.5 Å². The molecule has 26 heavy (non-hydrogen) atoms. The molecule has 3 heterocycles. The summed E-state index contributed by atoms with van der Waals surface area (Å²) in [5.74, 6) is 0.243. The number of rotatable bonds is 2. The van der Waals surface area contributed by atoms with Gasteiger partial charge in [0.25, 0.3) is 5.91 Å². The molecule has 1 fully saturated rings. The van der Waals surface area contributed by atoms with E-state index in [0.717, 1.165) is 18.5 Å². The fraction of sp³-hybridized carbons (Fsp3) is 0.444. The number of ether oxygens (including phenoxy) is 1. The van der Waals surface area contributed by atoms with Crippen molar-refractivity contribution in [1.82, 2.24) is 14.7 Å². The van der Waals surface area contributed by atoms with Crippen molar-refractivity contribution < 1.29 is 17.9 Å². The molecule has 0 N–H and O–H groups in total.